The first-order valence-electron chi connectivity index (χ1n) is 4.45. The number of furan rings is 1. The average Bonchev–Trinajstić information content (AvgIpc) is 2.65. The summed E-state index contributed by atoms with van der Waals surface area (Å²) in [5, 5.41) is 4.83. The van der Waals surface area contributed by atoms with Gasteiger partial charge in [0.1, 0.15) is 5.76 Å². The third kappa shape index (κ3) is 3.82. The van der Waals surface area contributed by atoms with Crippen LogP contribution < -0.4 is 16.4 Å². The van der Waals surface area contributed by atoms with Gasteiger partial charge in [-0.3, -0.25) is 15.4 Å². The summed E-state index contributed by atoms with van der Waals surface area (Å²) in [6.07, 6.45) is 1.55. The fourth-order valence-corrected chi connectivity index (χ4v) is 1.07. The van der Waals surface area contributed by atoms with Crippen molar-refractivity contribution in [3.05, 3.63) is 24.2 Å². The topological polar surface area (TPSA) is 97.4 Å². The van der Waals surface area contributed by atoms with Crippen LogP contribution in [0.3, 0.4) is 0 Å². The quantitative estimate of drug-likeness (QED) is 0.659. The fourth-order valence-electron chi connectivity index (χ4n) is 1.07. The molecule has 0 saturated carbocycles. The third-order valence-corrected chi connectivity index (χ3v) is 1.80. The van der Waals surface area contributed by atoms with Gasteiger partial charge in [-0.2, -0.15) is 0 Å². The number of hydrogen-bond donors (Lipinski definition) is 3. The van der Waals surface area contributed by atoms with Crippen LogP contribution in [0.4, 0.5) is 4.79 Å². The van der Waals surface area contributed by atoms with Crippen LogP contribution in [-0.2, 0) is 4.79 Å². The van der Waals surface area contributed by atoms with Crippen molar-refractivity contribution in [1.29, 1.82) is 0 Å². The summed E-state index contributed by atoms with van der Waals surface area (Å²) in [4.78, 5) is 21.3. The van der Waals surface area contributed by atoms with Crippen molar-refractivity contribution in [2.45, 2.75) is 13.0 Å². The molecular weight excluding hydrogens is 198 g/mol. The summed E-state index contributed by atoms with van der Waals surface area (Å²) in [5.41, 5.74) is 4.78. The highest BCUT2D eigenvalue weighted by Crippen LogP contribution is 2.11. The van der Waals surface area contributed by atoms with Gasteiger partial charge in [-0.15, -0.1) is 0 Å². The highest BCUT2D eigenvalue weighted by Gasteiger charge is 2.10. The summed E-state index contributed by atoms with van der Waals surface area (Å²) < 4.78 is 5.12. The molecule has 0 spiro atoms. The van der Waals surface area contributed by atoms with E-state index < -0.39 is 11.9 Å². The van der Waals surface area contributed by atoms with Crippen molar-refractivity contribution in [1.82, 2.24) is 10.6 Å². The summed E-state index contributed by atoms with van der Waals surface area (Å²) in [5.74, 6) is 0.253. The fraction of sp³-hybridized carbons (Fsp3) is 0.333. The Hall–Kier alpha value is -1.82. The van der Waals surface area contributed by atoms with Crippen LogP contribution in [0.5, 0.6) is 0 Å². The lowest BCUT2D eigenvalue weighted by Crippen LogP contribution is -2.41. The third-order valence-electron chi connectivity index (χ3n) is 1.80. The minimum atomic E-state index is -0.854. The van der Waals surface area contributed by atoms with E-state index >= 15 is 0 Å². The van der Waals surface area contributed by atoms with Gasteiger partial charge >= 0.3 is 6.03 Å². The van der Waals surface area contributed by atoms with Crippen LogP contribution >= 0.6 is 0 Å². The van der Waals surface area contributed by atoms with E-state index in [9.17, 15) is 9.59 Å². The Kier molecular flexibility index (Phi) is 3.87. The Morgan fingerprint density at radius 2 is 2.33 bits per heavy atom. The van der Waals surface area contributed by atoms with E-state index in [-0.39, 0.29) is 12.6 Å². The molecular formula is C9H13N3O3. The highest BCUT2D eigenvalue weighted by atomic mass is 16.3. The first-order valence-corrected chi connectivity index (χ1v) is 4.45. The molecule has 82 valence electrons. The van der Waals surface area contributed by atoms with Crippen molar-refractivity contribution in [2.75, 3.05) is 6.54 Å². The number of nitrogens with one attached hydrogen (secondary N) is 2. The molecule has 1 atom stereocenters. The molecule has 0 bridgehead atoms. The molecule has 0 aromatic carbocycles. The molecule has 1 aromatic rings. The van der Waals surface area contributed by atoms with Crippen LogP contribution in [0.15, 0.2) is 22.8 Å². The largest absolute Gasteiger partial charge is 0.468 e. The summed E-state index contributed by atoms with van der Waals surface area (Å²) in [6.45, 7) is 1.85. The Labute approximate surface area is 86.8 Å². The normalized spacial score (nSPS) is 12.1. The van der Waals surface area contributed by atoms with Crippen molar-refractivity contribution in [2.24, 2.45) is 5.73 Å². The number of nitrogens with two attached hydrogens (primary N) is 1. The summed E-state index contributed by atoms with van der Waals surface area (Å²) in [7, 11) is 0. The van der Waals surface area contributed by atoms with Crippen LogP contribution in [0, 0.1) is 0 Å². The van der Waals surface area contributed by atoms with Crippen molar-refractivity contribution in [3.63, 3.8) is 0 Å². The van der Waals surface area contributed by atoms with Gasteiger partial charge in [0.15, 0.2) is 0 Å². The standard InChI is InChI=1S/C9H13N3O3/c1-6(7-3-2-4-15-7)11-5-8(13)12-9(10)14/h2-4,6,11H,5H2,1H3,(H3,10,12,13,14). The molecule has 0 saturated heterocycles. The highest BCUT2D eigenvalue weighted by molar-refractivity contribution is 5.94. The number of hydrogen-bond acceptors (Lipinski definition) is 4. The lowest BCUT2D eigenvalue weighted by Gasteiger charge is -2.09. The van der Waals surface area contributed by atoms with Crippen molar-refractivity contribution < 1.29 is 14.0 Å². The molecule has 15 heavy (non-hydrogen) atoms. The first-order chi connectivity index (χ1) is 7.09. The van der Waals surface area contributed by atoms with Crippen LogP contribution in [0.25, 0.3) is 0 Å². The lowest BCUT2D eigenvalue weighted by atomic mass is 10.2. The second-order valence-corrected chi connectivity index (χ2v) is 3.03. The molecule has 6 heteroatoms. The Morgan fingerprint density at radius 3 is 2.87 bits per heavy atom. The van der Waals surface area contributed by atoms with E-state index in [1.165, 1.54) is 0 Å². The SMILES string of the molecule is CC(NCC(=O)NC(N)=O)c1ccco1. The number of urea groups is 1. The first kappa shape index (κ1) is 11.3. The maximum atomic E-state index is 11.0. The molecule has 0 radical (unpaired) electrons. The van der Waals surface area contributed by atoms with Gasteiger partial charge < -0.3 is 10.2 Å². The van der Waals surface area contributed by atoms with Gasteiger partial charge in [-0.1, -0.05) is 0 Å². The number of carbonyl (C=O) groups is 2. The maximum Gasteiger partial charge on any atom is 0.318 e. The minimum Gasteiger partial charge on any atom is -0.468 e. The number of imide groups is 1. The Morgan fingerprint density at radius 1 is 1.60 bits per heavy atom. The number of carbonyl (C=O) groups excluding carboxylic acids is 2. The zero-order valence-corrected chi connectivity index (χ0v) is 8.32. The second-order valence-electron chi connectivity index (χ2n) is 3.03. The second kappa shape index (κ2) is 5.16. The molecule has 1 heterocycles. The zero-order chi connectivity index (χ0) is 11.3. The Balaban J connectivity index is 2.31. The minimum absolute atomic E-state index is 0.00477. The molecule has 1 rings (SSSR count). The molecule has 0 aliphatic carbocycles. The predicted molar refractivity (Wildman–Crippen MR) is 52.9 cm³/mol. The van der Waals surface area contributed by atoms with Gasteiger partial charge in [-0.05, 0) is 19.1 Å². The smallest absolute Gasteiger partial charge is 0.318 e. The number of amides is 3. The van der Waals surface area contributed by atoms with E-state index in [1.807, 2.05) is 12.2 Å². The molecule has 4 N–H and O–H groups in total. The number of primary amides is 1. The monoisotopic (exact) mass is 211 g/mol. The van der Waals surface area contributed by atoms with Gasteiger partial charge in [0.25, 0.3) is 0 Å². The predicted octanol–water partition coefficient (Wildman–Crippen LogP) is 0.125. The summed E-state index contributed by atoms with van der Waals surface area (Å²) >= 11 is 0. The molecule has 6 nitrogen and oxygen atoms in total. The van der Waals surface area contributed by atoms with E-state index in [0.717, 1.165) is 5.76 Å². The van der Waals surface area contributed by atoms with Crippen LogP contribution in [0.1, 0.15) is 18.7 Å². The van der Waals surface area contributed by atoms with Gasteiger partial charge in [0, 0.05) is 0 Å². The molecule has 1 unspecified atom stereocenters. The van der Waals surface area contributed by atoms with E-state index in [2.05, 4.69) is 5.32 Å². The maximum absolute atomic E-state index is 11.0. The number of rotatable bonds is 4. The molecule has 0 aliphatic heterocycles. The van der Waals surface area contributed by atoms with Gasteiger partial charge in [0.05, 0.1) is 18.8 Å². The van der Waals surface area contributed by atoms with Crippen molar-refractivity contribution in [3.8, 4) is 0 Å². The molecule has 3 amide bonds. The lowest BCUT2D eigenvalue weighted by molar-refractivity contribution is -0.119. The molecule has 0 fully saturated rings. The van der Waals surface area contributed by atoms with E-state index in [0.29, 0.717) is 0 Å². The molecule has 0 aliphatic rings. The van der Waals surface area contributed by atoms with E-state index in [1.54, 1.807) is 18.4 Å². The van der Waals surface area contributed by atoms with E-state index in [4.69, 9.17) is 10.2 Å². The Bertz CT molecular complexity index is 334. The van der Waals surface area contributed by atoms with Gasteiger partial charge in [-0.25, -0.2) is 4.79 Å². The van der Waals surface area contributed by atoms with Gasteiger partial charge in [0.2, 0.25) is 5.91 Å². The average molecular weight is 211 g/mol. The molecule has 1 aromatic heterocycles. The summed E-state index contributed by atoms with van der Waals surface area (Å²) in [6, 6.07) is 2.60. The van der Waals surface area contributed by atoms with Crippen LogP contribution in [0.2, 0.25) is 0 Å². The zero-order valence-electron chi connectivity index (χ0n) is 8.32. The van der Waals surface area contributed by atoms with Crippen molar-refractivity contribution >= 4 is 11.9 Å². The van der Waals surface area contributed by atoms with Crippen LogP contribution in [-0.4, -0.2) is 18.5 Å².